The van der Waals surface area contributed by atoms with Crippen LogP contribution < -0.4 is 10.6 Å². The average Bonchev–Trinajstić information content (AvgIpc) is 2.67. The van der Waals surface area contributed by atoms with Crippen LogP contribution >= 0.6 is 0 Å². The molecule has 1 amide bonds. The zero-order valence-corrected chi connectivity index (χ0v) is 14.1. The van der Waals surface area contributed by atoms with Crippen molar-refractivity contribution < 1.29 is 4.79 Å². The first kappa shape index (κ1) is 16.6. The van der Waals surface area contributed by atoms with Crippen LogP contribution in [0.2, 0.25) is 0 Å². The van der Waals surface area contributed by atoms with E-state index in [0.717, 1.165) is 11.3 Å². The average molecular weight is 332 g/mol. The second-order valence-electron chi connectivity index (χ2n) is 5.82. The normalized spacial score (nSPS) is 10.3. The van der Waals surface area contributed by atoms with E-state index in [9.17, 15) is 4.79 Å². The van der Waals surface area contributed by atoms with Crippen LogP contribution in [0.4, 0.5) is 5.69 Å². The van der Waals surface area contributed by atoms with Crippen molar-refractivity contribution in [3.8, 4) is 0 Å². The van der Waals surface area contributed by atoms with Crippen molar-refractivity contribution >= 4 is 11.6 Å². The summed E-state index contributed by atoms with van der Waals surface area (Å²) in [5, 5.41) is 6.14. The fourth-order valence-electron chi connectivity index (χ4n) is 2.32. The smallest absolute Gasteiger partial charge is 0.270 e. The minimum Gasteiger partial charge on any atom is -0.380 e. The third-order valence-electron chi connectivity index (χ3n) is 3.79. The molecule has 0 bridgehead atoms. The maximum absolute atomic E-state index is 12.1. The molecule has 5 nitrogen and oxygen atoms in total. The lowest BCUT2D eigenvalue weighted by Gasteiger charge is -2.08. The van der Waals surface area contributed by atoms with Crippen molar-refractivity contribution in [2.24, 2.45) is 0 Å². The second-order valence-corrected chi connectivity index (χ2v) is 5.82. The summed E-state index contributed by atoms with van der Waals surface area (Å²) >= 11 is 0. The van der Waals surface area contributed by atoms with Crippen molar-refractivity contribution in [1.29, 1.82) is 0 Å². The van der Waals surface area contributed by atoms with Gasteiger partial charge >= 0.3 is 0 Å². The molecule has 3 aromatic rings. The minimum absolute atomic E-state index is 0.200. The van der Waals surface area contributed by atoms with Crippen LogP contribution in [-0.4, -0.2) is 15.9 Å². The van der Waals surface area contributed by atoms with Crippen LogP contribution in [0.1, 0.15) is 27.2 Å². The molecule has 25 heavy (non-hydrogen) atoms. The third-order valence-corrected chi connectivity index (χ3v) is 3.79. The first-order valence-electron chi connectivity index (χ1n) is 8.13. The standard InChI is InChI=1S/C20H20N4O/c1-15-4-6-16(7-5-15)12-22-18-8-9-19(23-14-18)20(25)24-13-17-3-2-10-21-11-17/h2-11,14,22H,12-13H2,1H3,(H,24,25). The fourth-order valence-corrected chi connectivity index (χ4v) is 2.32. The predicted octanol–water partition coefficient (Wildman–Crippen LogP) is 3.33. The number of amides is 1. The van der Waals surface area contributed by atoms with Gasteiger partial charge in [-0.3, -0.25) is 9.78 Å². The molecule has 0 aliphatic carbocycles. The lowest BCUT2D eigenvalue weighted by atomic mass is 10.1. The Hall–Kier alpha value is -3.21. The van der Waals surface area contributed by atoms with E-state index in [-0.39, 0.29) is 5.91 Å². The maximum Gasteiger partial charge on any atom is 0.270 e. The van der Waals surface area contributed by atoms with Gasteiger partial charge in [0.15, 0.2) is 0 Å². The van der Waals surface area contributed by atoms with Gasteiger partial charge < -0.3 is 10.6 Å². The molecule has 0 aliphatic rings. The summed E-state index contributed by atoms with van der Waals surface area (Å²) in [6.07, 6.45) is 5.11. The van der Waals surface area contributed by atoms with E-state index in [2.05, 4.69) is 51.8 Å². The Balaban J connectivity index is 1.52. The van der Waals surface area contributed by atoms with E-state index in [1.165, 1.54) is 11.1 Å². The summed E-state index contributed by atoms with van der Waals surface area (Å²) in [5.41, 5.74) is 4.66. The zero-order chi connectivity index (χ0) is 17.5. The number of carbonyl (C=O) groups is 1. The molecular formula is C20H20N4O. The zero-order valence-electron chi connectivity index (χ0n) is 14.1. The molecule has 0 saturated heterocycles. The Labute approximate surface area is 147 Å². The number of aryl methyl sites for hydroxylation is 1. The van der Waals surface area contributed by atoms with Gasteiger partial charge in [0, 0.05) is 25.5 Å². The number of carbonyl (C=O) groups excluding carboxylic acids is 1. The third kappa shape index (κ3) is 4.88. The van der Waals surface area contributed by atoms with Gasteiger partial charge in [0.05, 0.1) is 11.9 Å². The molecule has 1 aromatic carbocycles. The molecule has 2 N–H and O–H groups in total. The van der Waals surface area contributed by atoms with Crippen LogP contribution in [-0.2, 0) is 13.1 Å². The molecule has 5 heteroatoms. The topological polar surface area (TPSA) is 66.9 Å². The van der Waals surface area contributed by atoms with Crippen molar-refractivity contribution in [3.05, 3.63) is 89.5 Å². The Kier molecular flexibility index (Phi) is 5.36. The van der Waals surface area contributed by atoms with Gasteiger partial charge in [0.2, 0.25) is 0 Å². The second kappa shape index (κ2) is 8.06. The molecular weight excluding hydrogens is 312 g/mol. The van der Waals surface area contributed by atoms with Crippen LogP contribution in [0.25, 0.3) is 0 Å². The highest BCUT2D eigenvalue weighted by molar-refractivity contribution is 5.92. The van der Waals surface area contributed by atoms with E-state index in [4.69, 9.17) is 0 Å². The number of hydrogen-bond acceptors (Lipinski definition) is 4. The molecule has 0 saturated carbocycles. The lowest BCUT2D eigenvalue weighted by molar-refractivity contribution is 0.0946. The van der Waals surface area contributed by atoms with E-state index >= 15 is 0 Å². The highest BCUT2D eigenvalue weighted by Gasteiger charge is 2.07. The van der Waals surface area contributed by atoms with Gasteiger partial charge in [-0.15, -0.1) is 0 Å². The fraction of sp³-hybridized carbons (Fsp3) is 0.150. The summed E-state index contributed by atoms with van der Waals surface area (Å²) in [6.45, 7) is 3.22. The summed E-state index contributed by atoms with van der Waals surface area (Å²) in [6, 6.07) is 15.7. The number of nitrogens with zero attached hydrogens (tertiary/aromatic N) is 2. The monoisotopic (exact) mass is 332 g/mol. The Morgan fingerprint density at radius 3 is 2.48 bits per heavy atom. The molecule has 2 heterocycles. The SMILES string of the molecule is Cc1ccc(CNc2ccc(C(=O)NCc3cccnc3)nc2)cc1. The van der Waals surface area contributed by atoms with Crippen LogP contribution in [0.3, 0.4) is 0 Å². The number of anilines is 1. The van der Waals surface area contributed by atoms with Crippen LogP contribution in [0.5, 0.6) is 0 Å². The number of nitrogens with one attached hydrogen (secondary N) is 2. The highest BCUT2D eigenvalue weighted by atomic mass is 16.1. The number of rotatable bonds is 6. The number of aromatic nitrogens is 2. The van der Waals surface area contributed by atoms with Crippen molar-refractivity contribution in [1.82, 2.24) is 15.3 Å². The van der Waals surface area contributed by atoms with Crippen LogP contribution in [0, 0.1) is 6.92 Å². The van der Waals surface area contributed by atoms with Gasteiger partial charge in [0.1, 0.15) is 5.69 Å². The summed E-state index contributed by atoms with van der Waals surface area (Å²) in [7, 11) is 0. The Morgan fingerprint density at radius 1 is 0.960 bits per heavy atom. The maximum atomic E-state index is 12.1. The molecule has 126 valence electrons. The summed E-state index contributed by atoms with van der Waals surface area (Å²) in [5.74, 6) is -0.200. The van der Waals surface area contributed by atoms with E-state index in [1.54, 1.807) is 24.7 Å². The molecule has 3 rings (SSSR count). The van der Waals surface area contributed by atoms with Gasteiger partial charge in [-0.25, -0.2) is 4.98 Å². The molecule has 0 aliphatic heterocycles. The number of pyridine rings is 2. The molecule has 0 unspecified atom stereocenters. The van der Waals surface area contributed by atoms with Crippen molar-refractivity contribution in [2.75, 3.05) is 5.32 Å². The quantitative estimate of drug-likeness (QED) is 0.726. The van der Waals surface area contributed by atoms with E-state index in [0.29, 0.717) is 18.8 Å². The van der Waals surface area contributed by atoms with E-state index < -0.39 is 0 Å². The van der Waals surface area contributed by atoms with Crippen LogP contribution in [0.15, 0.2) is 67.1 Å². The predicted molar refractivity (Wildman–Crippen MR) is 98.1 cm³/mol. The molecule has 0 radical (unpaired) electrons. The number of hydrogen-bond donors (Lipinski definition) is 2. The first-order chi connectivity index (χ1) is 12.2. The van der Waals surface area contributed by atoms with Crippen molar-refractivity contribution in [2.45, 2.75) is 20.0 Å². The molecule has 0 fully saturated rings. The van der Waals surface area contributed by atoms with Gasteiger partial charge in [-0.2, -0.15) is 0 Å². The Bertz CT molecular complexity index is 815. The first-order valence-corrected chi connectivity index (χ1v) is 8.13. The van der Waals surface area contributed by atoms with Crippen molar-refractivity contribution in [3.63, 3.8) is 0 Å². The van der Waals surface area contributed by atoms with Gasteiger partial charge in [0.25, 0.3) is 5.91 Å². The van der Waals surface area contributed by atoms with Gasteiger partial charge in [-0.1, -0.05) is 35.9 Å². The van der Waals surface area contributed by atoms with E-state index in [1.807, 2.05) is 18.2 Å². The molecule has 0 atom stereocenters. The number of benzene rings is 1. The summed E-state index contributed by atoms with van der Waals surface area (Å²) < 4.78 is 0. The minimum atomic E-state index is -0.200. The molecule has 0 spiro atoms. The summed E-state index contributed by atoms with van der Waals surface area (Å²) in [4.78, 5) is 20.4. The Morgan fingerprint density at radius 2 is 1.80 bits per heavy atom. The molecule has 2 aromatic heterocycles. The highest BCUT2D eigenvalue weighted by Crippen LogP contribution is 2.10. The largest absolute Gasteiger partial charge is 0.380 e. The van der Waals surface area contributed by atoms with Gasteiger partial charge in [-0.05, 0) is 36.2 Å². The lowest BCUT2D eigenvalue weighted by Crippen LogP contribution is -2.23.